The zero-order chi connectivity index (χ0) is 9.10. The van der Waals surface area contributed by atoms with Crippen molar-refractivity contribution in [3.63, 3.8) is 0 Å². The fraction of sp³-hybridized carbons (Fsp3) is 0.364. The minimum absolute atomic E-state index is 0.357. The highest BCUT2D eigenvalue weighted by atomic mass is 16.5. The fourth-order valence-electron chi connectivity index (χ4n) is 1.36. The molecule has 0 aromatic heterocycles. The van der Waals surface area contributed by atoms with Gasteiger partial charge in [0, 0.05) is 5.56 Å². The van der Waals surface area contributed by atoms with Crippen molar-refractivity contribution in [2.24, 2.45) is 4.99 Å². The summed E-state index contributed by atoms with van der Waals surface area (Å²) < 4.78 is 5.49. The molecule has 2 rings (SSSR count). The molecule has 0 saturated heterocycles. The fourth-order valence-corrected chi connectivity index (χ4v) is 1.36. The van der Waals surface area contributed by atoms with Crippen LogP contribution in [0.15, 0.2) is 35.3 Å². The molecule has 0 radical (unpaired) electrons. The van der Waals surface area contributed by atoms with Gasteiger partial charge in [-0.1, -0.05) is 25.1 Å². The maximum Gasteiger partial charge on any atom is 0.216 e. The van der Waals surface area contributed by atoms with Crippen molar-refractivity contribution >= 4 is 5.90 Å². The summed E-state index contributed by atoms with van der Waals surface area (Å²) in [5.74, 6) is 0.799. The lowest BCUT2D eigenvalue weighted by Gasteiger charge is -1.99. The molecule has 0 saturated carbocycles. The predicted octanol–water partition coefficient (Wildman–Crippen LogP) is 2.24. The molecule has 0 bridgehead atoms. The van der Waals surface area contributed by atoms with E-state index >= 15 is 0 Å². The van der Waals surface area contributed by atoms with Gasteiger partial charge < -0.3 is 4.74 Å². The monoisotopic (exact) mass is 175 g/mol. The van der Waals surface area contributed by atoms with Crippen molar-refractivity contribution in [2.75, 3.05) is 6.61 Å². The highest BCUT2D eigenvalue weighted by Crippen LogP contribution is 2.13. The van der Waals surface area contributed by atoms with Gasteiger partial charge >= 0.3 is 0 Å². The third kappa shape index (κ3) is 1.72. The number of benzene rings is 1. The van der Waals surface area contributed by atoms with Crippen LogP contribution in [0.5, 0.6) is 0 Å². The molecule has 0 unspecified atom stereocenters. The molecule has 0 N–H and O–H groups in total. The van der Waals surface area contributed by atoms with E-state index in [1.807, 2.05) is 30.3 Å². The Bertz CT molecular complexity index is 305. The van der Waals surface area contributed by atoms with Crippen LogP contribution in [-0.2, 0) is 4.74 Å². The second-order valence-electron chi connectivity index (χ2n) is 3.17. The first-order valence-electron chi connectivity index (χ1n) is 4.66. The largest absolute Gasteiger partial charge is 0.475 e. The molecule has 1 aliphatic rings. The van der Waals surface area contributed by atoms with Gasteiger partial charge in [-0.2, -0.15) is 0 Å². The maximum atomic E-state index is 5.49. The van der Waals surface area contributed by atoms with Gasteiger partial charge in [-0.15, -0.1) is 0 Å². The second-order valence-corrected chi connectivity index (χ2v) is 3.17. The van der Waals surface area contributed by atoms with E-state index in [4.69, 9.17) is 4.74 Å². The molecule has 1 aromatic rings. The van der Waals surface area contributed by atoms with Crippen LogP contribution in [-0.4, -0.2) is 18.5 Å². The van der Waals surface area contributed by atoms with Gasteiger partial charge in [0.1, 0.15) is 6.61 Å². The molecule has 2 nitrogen and oxygen atoms in total. The SMILES string of the molecule is CC[C@H]1COC(c2ccccc2)=N1. The van der Waals surface area contributed by atoms with Crippen molar-refractivity contribution in [1.29, 1.82) is 0 Å². The van der Waals surface area contributed by atoms with Gasteiger partial charge in [-0.3, -0.25) is 0 Å². The van der Waals surface area contributed by atoms with E-state index < -0.39 is 0 Å². The Balaban J connectivity index is 2.19. The lowest BCUT2D eigenvalue weighted by Crippen LogP contribution is -2.03. The zero-order valence-corrected chi connectivity index (χ0v) is 7.73. The molecule has 13 heavy (non-hydrogen) atoms. The molecule has 0 aliphatic carbocycles. The maximum absolute atomic E-state index is 5.49. The highest BCUT2D eigenvalue weighted by molar-refractivity contribution is 5.95. The molecule has 1 aliphatic heterocycles. The summed E-state index contributed by atoms with van der Waals surface area (Å²) in [6, 6.07) is 10.4. The zero-order valence-electron chi connectivity index (χ0n) is 7.73. The third-order valence-electron chi connectivity index (χ3n) is 2.20. The van der Waals surface area contributed by atoms with Crippen LogP contribution in [0.4, 0.5) is 0 Å². The van der Waals surface area contributed by atoms with Crippen molar-refractivity contribution in [2.45, 2.75) is 19.4 Å². The Labute approximate surface area is 78.3 Å². The summed E-state index contributed by atoms with van der Waals surface area (Å²) in [7, 11) is 0. The Morgan fingerprint density at radius 1 is 1.38 bits per heavy atom. The minimum atomic E-state index is 0.357. The molecule has 2 heteroatoms. The van der Waals surface area contributed by atoms with E-state index in [2.05, 4.69) is 11.9 Å². The van der Waals surface area contributed by atoms with Gasteiger partial charge in [0.25, 0.3) is 0 Å². The minimum Gasteiger partial charge on any atom is -0.475 e. The van der Waals surface area contributed by atoms with Gasteiger partial charge in [0.05, 0.1) is 6.04 Å². The summed E-state index contributed by atoms with van der Waals surface area (Å²) in [5.41, 5.74) is 1.08. The number of nitrogens with zero attached hydrogens (tertiary/aromatic N) is 1. The van der Waals surface area contributed by atoms with Crippen LogP contribution in [0, 0.1) is 0 Å². The standard InChI is InChI=1S/C11H13NO/c1-2-10-8-13-11(12-10)9-6-4-3-5-7-9/h3-7,10H,2,8H2,1H3/t10-/m0/s1. The average molecular weight is 175 g/mol. The third-order valence-corrected chi connectivity index (χ3v) is 2.20. The van der Waals surface area contributed by atoms with Crippen LogP contribution in [0.1, 0.15) is 18.9 Å². The molecule has 0 spiro atoms. The highest BCUT2D eigenvalue weighted by Gasteiger charge is 2.17. The number of hydrogen-bond acceptors (Lipinski definition) is 2. The van der Waals surface area contributed by atoms with E-state index in [9.17, 15) is 0 Å². The van der Waals surface area contributed by atoms with Gasteiger partial charge in [0.15, 0.2) is 0 Å². The first kappa shape index (κ1) is 8.30. The van der Waals surface area contributed by atoms with Crippen molar-refractivity contribution in [3.8, 4) is 0 Å². The summed E-state index contributed by atoms with van der Waals surface area (Å²) in [6.07, 6.45) is 1.05. The quantitative estimate of drug-likeness (QED) is 0.675. The lowest BCUT2D eigenvalue weighted by molar-refractivity contribution is 0.315. The van der Waals surface area contributed by atoms with E-state index in [0.717, 1.165) is 24.5 Å². The summed E-state index contributed by atoms with van der Waals surface area (Å²) in [5, 5.41) is 0. The van der Waals surface area contributed by atoms with Crippen molar-refractivity contribution in [3.05, 3.63) is 35.9 Å². The molecule has 1 heterocycles. The van der Waals surface area contributed by atoms with E-state index in [1.165, 1.54) is 0 Å². The number of ether oxygens (including phenoxy) is 1. The molecule has 0 amide bonds. The molecule has 68 valence electrons. The summed E-state index contributed by atoms with van der Waals surface area (Å²) >= 11 is 0. The van der Waals surface area contributed by atoms with E-state index in [-0.39, 0.29) is 0 Å². The summed E-state index contributed by atoms with van der Waals surface area (Å²) in [4.78, 5) is 4.47. The Hall–Kier alpha value is -1.31. The van der Waals surface area contributed by atoms with Gasteiger partial charge in [-0.25, -0.2) is 4.99 Å². The molecular formula is C11H13NO. The van der Waals surface area contributed by atoms with Gasteiger partial charge in [-0.05, 0) is 18.6 Å². The number of hydrogen-bond donors (Lipinski definition) is 0. The smallest absolute Gasteiger partial charge is 0.216 e. The van der Waals surface area contributed by atoms with Crippen LogP contribution >= 0.6 is 0 Å². The van der Waals surface area contributed by atoms with Crippen molar-refractivity contribution < 1.29 is 4.74 Å². The average Bonchev–Trinajstić information content (AvgIpc) is 2.67. The normalized spacial score (nSPS) is 21.0. The van der Waals surface area contributed by atoms with Gasteiger partial charge in [0.2, 0.25) is 5.90 Å². The first-order valence-corrected chi connectivity index (χ1v) is 4.66. The second kappa shape index (κ2) is 3.60. The first-order chi connectivity index (χ1) is 6.40. The Morgan fingerprint density at radius 2 is 2.15 bits per heavy atom. The lowest BCUT2D eigenvalue weighted by atomic mass is 10.2. The molecule has 1 aromatic carbocycles. The van der Waals surface area contributed by atoms with Crippen LogP contribution in [0.25, 0.3) is 0 Å². The number of rotatable bonds is 2. The topological polar surface area (TPSA) is 21.6 Å². The molecule has 1 atom stereocenters. The molecule has 0 fully saturated rings. The Kier molecular flexibility index (Phi) is 2.30. The van der Waals surface area contributed by atoms with E-state index in [0.29, 0.717) is 6.04 Å². The van der Waals surface area contributed by atoms with E-state index in [1.54, 1.807) is 0 Å². The number of aliphatic imine (C=N–C) groups is 1. The van der Waals surface area contributed by atoms with Crippen LogP contribution in [0.2, 0.25) is 0 Å². The molecular weight excluding hydrogens is 162 g/mol. The van der Waals surface area contributed by atoms with Crippen LogP contribution in [0.3, 0.4) is 0 Å². The Morgan fingerprint density at radius 3 is 2.77 bits per heavy atom. The predicted molar refractivity (Wildman–Crippen MR) is 53.0 cm³/mol. The van der Waals surface area contributed by atoms with Crippen molar-refractivity contribution in [1.82, 2.24) is 0 Å². The summed E-state index contributed by atoms with van der Waals surface area (Å²) in [6.45, 7) is 2.87. The van der Waals surface area contributed by atoms with Crippen LogP contribution < -0.4 is 0 Å².